The molecule has 0 amide bonds. The Morgan fingerprint density at radius 2 is 2.05 bits per heavy atom. The molecule has 1 aromatic carbocycles. The van der Waals surface area contributed by atoms with Gasteiger partial charge >= 0.3 is 6.18 Å². The number of alkyl halides is 3. The van der Waals surface area contributed by atoms with Crippen LogP contribution in [-0.2, 0) is 10.0 Å². The number of nitrogen functional groups attached to an aromatic ring is 1. The van der Waals surface area contributed by atoms with Gasteiger partial charge in [-0.25, -0.2) is 13.1 Å². The van der Waals surface area contributed by atoms with E-state index in [0.717, 1.165) is 6.07 Å². The highest BCUT2D eigenvalue weighted by Gasteiger charge is 2.38. The quantitative estimate of drug-likeness (QED) is 0.686. The van der Waals surface area contributed by atoms with Crippen molar-refractivity contribution < 1.29 is 31.4 Å². The molecule has 1 atom stereocenters. The van der Waals surface area contributed by atoms with Crippen LogP contribution in [0.2, 0.25) is 0 Å². The summed E-state index contributed by atoms with van der Waals surface area (Å²) in [5.41, 5.74) is 5.67. The van der Waals surface area contributed by atoms with E-state index in [2.05, 4.69) is 0 Å². The van der Waals surface area contributed by atoms with Crippen molar-refractivity contribution in [1.82, 2.24) is 4.72 Å². The zero-order valence-electron chi connectivity index (χ0n) is 10.3. The van der Waals surface area contributed by atoms with Crippen molar-refractivity contribution in [2.45, 2.75) is 17.2 Å². The number of sulfonamides is 1. The normalized spacial score (nSPS) is 14.1. The van der Waals surface area contributed by atoms with E-state index in [1.807, 2.05) is 0 Å². The Morgan fingerprint density at radius 1 is 1.45 bits per heavy atom. The van der Waals surface area contributed by atoms with Crippen LogP contribution in [0.3, 0.4) is 0 Å². The molecule has 0 saturated heterocycles. The number of aliphatic hydroxyl groups excluding tert-OH is 1. The van der Waals surface area contributed by atoms with Crippen LogP contribution in [0.1, 0.15) is 0 Å². The maximum absolute atomic E-state index is 12.1. The van der Waals surface area contributed by atoms with Crippen molar-refractivity contribution in [2.75, 3.05) is 19.4 Å². The van der Waals surface area contributed by atoms with Crippen molar-refractivity contribution in [1.29, 1.82) is 0 Å². The van der Waals surface area contributed by atoms with Crippen molar-refractivity contribution >= 4 is 15.7 Å². The Hall–Kier alpha value is -1.52. The zero-order valence-corrected chi connectivity index (χ0v) is 11.1. The summed E-state index contributed by atoms with van der Waals surface area (Å²) in [6, 6.07) is 3.57. The lowest BCUT2D eigenvalue weighted by atomic mass is 10.3. The molecule has 0 fully saturated rings. The van der Waals surface area contributed by atoms with E-state index >= 15 is 0 Å². The van der Waals surface area contributed by atoms with Crippen LogP contribution in [0.4, 0.5) is 18.9 Å². The number of hydrogen-bond acceptors (Lipinski definition) is 5. The first-order chi connectivity index (χ1) is 9.08. The van der Waals surface area contributed by atoms with E-state index in [1.165, 1.54) is 19.2 Å². The smallest absolute Gasteiger partial charge is 0.415 e. The van der Waals surface area contributed by atoms with Crippen LogP contribution in [-0.4, -0.2) is 39.5 Å². The van der Waals surface area contributed by atoms with Gasteiger partial charge in [-0.05, 0) is 12.1 Å². The van der Waals surface area contributed by atoms with Gasteiger partial charge in [0.05, 0.1) is 7.11 Å². The molecular weight excluding hydrogens is 301 g/mol. The van der Waals surface area contributed by atoms with Crippen molar-refractivity contribution in [3.05, 3.63) is 18.2 Å². The Kier molecular flexibility index (Phi) is 4.84. The Labute approximate surface area is 113 Å². The molecule has 0 aliphatic heterocycles. The van der Waals surface area contributed by atoms with Crippen LogP contribution in [0.25, 0.3) is 0 Å². The molecule has 0 heterocycles. The number of hydrogen-bond donors (Lipinski definition) is 3. The summed E-state index contributed by atoms with van der Waals surface area (Å²) in [7, 11) is -3.07. The molecule has 1 unspecified atom stereocenters. The highest BCUT2D eigenvalue weighted by Crippen LogP contribution is 2.26. The van der Waals surface area contributed by atoms with Gasteiger partial charge in [-0.1, -0.05) is 0 Å². The first-order valence-electron chi connectivity index (χ1n) is 5.26. The van der Waals surface area contributed by atoms with Gasteiger partial charge in [0.2, 0.25) is 10.0 Å². The van der Waals surface area contributed by atoms with E-state index in [1.54, 1.807) is 4.72 Å². The van der Waals surface area contributed by atoms with E-state index in [9.17, 15) is 21.6 Å². The van der Waals surface area contributed by atoms with Crippen molar-refractivity contribution in [3.8, 4) is 5.75 Å². The lowest BCUT2D eigenvalue weighted by Crippen LogP contribution is -2.40. The SMILES string of the molecule is COc1cc(N)ccc1S(=O)(=O)NCC(O)C(F)(F)F. The second-order valence-electron chi connectivity index (χ2n) is 3.82. The molecule has 10 heteroatoms. The van der Waals surface area contributed by atoms with Gasteiger partial charge in [-0.15, -0.1) is 0 Å². The van der Waals surface area contributed by atoms with Gasteiger partial charge in [0.1, 0.15) is 10.6 Å². The largest absolute Gasteiger partial charge is 0.495 e. The molecule has 1 aromatic rings. The average molecular weight is 314 g/mol. The van der Waals surface area contributed by atoms with Gasteiger partial charge in [-0.2, -0.15) is 13.2 Å². The summed E-state index contributed by atoms with van der Waals surface area (Å²) in [5, 5.41) is 8.76. The van der Waals surface area contributed by atoms with E-state index in [-0.39, 0.29) is 16.3 Å². The molecule has 6 nitrogen and oxygen atoms in total. The molecular formula is C10H13F3N2O4S. The van der Waals surface area contributed by atoms with Crippen LogP contribution < -0.4 is 15.2 Å². The Morgan fingerprint density at radius 3 is 2.55 bits per heavy atom. The summed E-state index contributed by atoms with van der Waals surface area (Å²) < 4.78 is 66.4. The number of benzene rings is 1. The number of nitrogens with two attached hydrogens (primary N) is 1. The summed E-state index contributed by atoms with van der Waals surface area (Å²) in [5.74, 6) is -0.112. The monoisotopic (exact) mass is 314 g/mol. The maximum atomic E-state index is 12.1. The number of nitrogens with one attached hydrogen (secondary N) is 1. The van der Waals surface area contributed by atoms with Gasteiger partial charge in [0.15, 0.2) is 6.10 Å². The summed E-state index contributed by atoms with van der Waals surface area (Å²) in [4.78, 5) is -0.372. The predicted molar refractivity (Wildman–Crippen MR) is 64.7 cm³/mol. The van der Waals surface area contributed by atoms with Gasteiger partial charge in [0.25, 0.3) is 0 Å². The number of rotatable bonds is 5. The van der Waals surface area contributed by atoms with E-state index in [0.29, 0.717) is 0 Å². The number of aliphatic hydroxyl groups is 1. The molecule has 0 aromatic heterocycles. The lowest BCUT2D eigenvalue weighted by molar-refractivity contribution is -0.200. The molecule has 114 valence electrons. The summed E-state index contributed by atoms with van der Waals surface area (Å²) >= 11 is 0. The molecule has 0 spiro atoms. The number of ether oxygens (including phenoxy) is 1. The molecule has 0 aliphatic rings. The third kappa shape index (κ3) is 3.99. The highest BCUT2D eigenvalue weighted by atomic mass is 32.2. The van der Waals surface area contributed by atoms with E-state index < -0.39 is 28.8 Å². The first-order valence-corrected chi connectivity index (χ1v) is 6.74. The van der Waals surface area contributed by atoms with E-state index in [4.69, 9.17) is 15.6 Å². The fourth-order valence-electron chi connectivity index (χ4n) is 1.29. The predicted octanol–water partition coefficient (Wildman–Crippen LogP) is 0.479. The second-order valence-corrected chi connectivity index (χ2v) is 5.55. The summed E-state index contributed by atoms with van der Waals surface area (Å²) in [6.45, 7) is -1.20. The first kappa shape index (κ1) is 16.5. The van der Waals surface area contributed by atoms with Crippen LogP contribution in [0.5, 0.6) is 5.75 Å². The van der Waals surface area contributed by atoms with Crippen LogP contribution in [0, 0.1) is 0 Å². The fraction of sp³-hybridized carbons (Fsp3) is 0.400. The number of methoxy groups -OCH3 is 1. The number of anilines is 1. The van der Waals surface area contributed by atoms with Gasteiger partial charge in [-0.3, -0.25) is 0 Å². The Bertz CT molecular complexity index is 574. The highest BCUT2D eigenvalue weighted by molar-refractivity contribution is 7.89. The molecule has 0 aliphatic carbocycles. The molecule has 4 N–H and O–H groups in total. The van der Waals surface area contributed by atoms with Crippen LogP contribution in [0.15, 0.2) is 23.1 Å². The van der Waals surface area contributed by atoms with Crippen molar-refractivity contribution in [3.63, 3.8) is 0 Å². The Balaban J connectivity index is 2.95. The van der Waals surface area contributed by atoms with Gasteiger partial charge < -0.3 is 15.6 Å². The second kappa shape index (κ2) is 5.85. The molecule has 0 saturated carbocycles. The molecule has 1 rings (SSSR count). The van der Waals surface area contributed by atoms with Crippen LogP contribution >= 0.6 is 0 Å². The lowest BCUT2D eigenvalue weighted by Gasteiger charge is -2.16. The molecule has 0 radical (unpaired) electrons. The average Bonchev–Trinajstić information content (AvgIpc) is 2.34. The minimum absolute atomic E-state index is 0.112. The third-order valence-electron chi connectivity index (χ3n) is 2.32. The van der Waals surface area contributed by atoms with Crippen molar-refractivity contribution in [2.24, 2.45) is 0 Å². The minimum Gasteiger partial charge on any atom is -0.495 e. The maximum Gasteiger partial charge on any atom is 0.415 e. The zero-order chi connectivity index (χ0) is 15.6. The standard InChI is InChI=1S/C10H13F3N2O4S/c1-19-7-4-6(14)2-3-8(7)20(17,18)15-5-9(16)10(11,12)13/h2-4,9,15-16H,5,14H2,1H3. The molecule has 0 bridgehead atoms. The summed E-state index contributed by atoms with van der Waals surface area (Å²) in [6.07, 6.45) is -7.70. The van der Waals surface area contributed by atoms with Gasteiger partial charge in [0, 0.05) is 18.3 Å². The minimum atomic E-state index is -4.91. The number of halogens is 3. The topological polar surface area (TPSA) is 102 Å². The molecule has 20 heavy (non-hydrogen) atoms. The fourth-order valence-corrected chi connectivity index (χ4v) is 2.48. The third-order valence-corrected chi connectivity index (χ3v) is 3.78.